The van der Waals surface area contributed by atoms with Crippen LogP contribution >= 0.6 is 0 Å². The largest absolute Gasteiger partial charge is 0.350 e. The average Bonchev–Trinajstić information content (AvgIpc) is 2.31. The fourth-order valence-corrected chi connectivity index (χ4v) is 1.54. The number of aryl methyl sites for hydroxylation is 1. The van der Waals surface area contributed by atoms with Gasteiger partial charge < -0.3 is 10.6 Å². The lowest BCUT2D eigenvalue weighted by Gasteiger charge is -2.24. The van der Waals surface area contributed by atoms with E-state index in [9.17, 15) is 4.79 Å². The number of rotatable bonds is 6. The topological polar surface area (TPSA) is 41.1 Å². The third-order valence-electron chi connectivity index (χ3n) is 3.10. The highest BCUT2D eigenvalue weighted by Crippen LogP contribution is 2.06. The van der Waals surface area contributed by atoms with Gasteiger partial charge in [-0.05, 0) is 32.8 Å². The Morgan fingerprint density at radius 2 is 1.83 bits per heavy atom. The first-order chi connectivity index (χ1) is 8.43. The molecule has 0 atom stereocenters. The van der Waals surface area contributed by atoms with Crippen molar-refractivity contribution < 1.29 is 4.79 Å². The molecule has 3 heteroatoms. The van der Waals surface area contributed by atoms with Crippen LogP contribution in [-0.2, 0) is 11.3 Å². The van der Waals surface area contributed by atoms with Crippen molar-refractivity contribution in [3.05, 3.63) is 35.4 Å². The van der Waals surface area contributed by atoms with Gasteiger partial charge in [0.05, 0.1) is 6.54 Å². The Labute approximate surface area is 110 Å². The van der Waals surface area contributed by atoms with Crippen molar-refractivity contribution in [2.45, 2.75) is 46.2 Å². The Morgan fingerprint density at radius 1 is 1.22 bits per heavy atom. The zero-order valence-electron chi connectivity index (χ0n) is 11.8. The maximum Gasteiger partial charge on any atom is 0.234 e. The quantitative estimate of drug-likeness (QED) is 0.811. The van der Waals surface area contributed by atoms with Gasteiger partial charge in [0.15, 0.2) is 0 Å². The smallest absolute Gasteiger partial charge is 0.234 e. The van der Waals surface area contributed by atoms with Gasteiger partial charge in [0.2, 0.25) is 5.91 Å². The Kier molecular flexibility index (Phi) is 5.35. The fourth-order valence-electron chi connectivity index (χ4n) is 1.54. The van der Waals surface area contributed by atoms with Crippen molar-refractivity contribution in [2.75, 3.05) is 6.54 Å². The number of nitrogens with one attached hydrogen (secondary N) is 2. The Bertz CT molecular complexity index is 382. The van der Waals surface area contributed by atoms with E-state index < -0.39 is 0 Å². The van der Waals surface area contributed by atoms with Gasteiger partial charge in [-0.25, -0.2) is 0 Å². The summed E-state index contributed by atoms with van der Waals surface area (Å²) in [7, 11) is 0. The van der Waals surface area contributed by atoms with Gasteiger partial charge in [-0.2, -0.15) is 0 Å². The van der Waals surface area contributed by atoms with E-state index in [1.807, 2.05) is 13.8 Å². The first-order valence-corrected chi connectivity index (χ1v) is 6.50. The van der Waals surface area contributed by atoms with Gasteiger partial charge >= 0.3 is 0 Å². The average molecular weight is 248 g/mol. The molecule has 0 saturated carbocycles. The minimum Gasteiger partial charge on any atom is -0.350 e. The lowest BCUT2D eigenvalue weighted by Crippen LogP contribution is -2.46. The Balaban J connectivity index is 2.29. The van der Waals surface area contributed by atoms with Gasteiger partial charge in [-0.15, -0.1) is 0 Å². The van der Waals surface area contributed by atoms with E-state index in [-0.39, 0.29) is 11.4 Å². The number of amides is 1. The summed E-state index contributed by atoms with van der Waals surface area (Å²) in [6, 6.07) is 8.32. The molecule has 18 heavy (non-hydrogen) atoms. The van der Waals surface area contributed by atoms with Crippen molar-refractivity contribution >= 4 is 5.91 Å². The summed E-state index contributed by atoms with van der Waals surface area (Å²) in [6.45, 7) is 9.28. The van der Waals surface area contributed by atoms with Crippen molar-refractivity contribution in [2.24, 2.45) is 0 Å². The standard InChI is InChI=1S/C15H24N2O/c1-5-15(3,4)17-14(18)11-16-10-13-8-6-12(2)7-9-13/h6-9,16H,5,10-11H2,1-4H3,(H,17,18). The van der Waals surface area contributed by atoms with Crippen LogP contribution in [0.5, 0.6) is 0 Å². The molecule has 3 nitrogen and oxygen atoms in total. The summed E-state index contributed by atoms with van der Waals surface area (Å²) in [5.41, 5.74) is 2.33. The molecule has 0 aliphatic carbocycles. The highest BCUT2D eigenvalue weighted by atomic mass is 16.2. The molecule has 1 aromatic carbocycles. The SMILES string of the molecule is CCC(C)(C)NC(=O)CNCc1ccc(C)cc1. The summed E-state index contributed by atoms with van der Waals surface area (Å²) in [5.74, 6) is 0.0500. The number of hydrogen-bond donors (Lipinski definition) is 2. The molecule has 1 rings (SSSR count). The van der Waals surface area contributed by atoms with E-state index in [1.54, 1.807) is 0 Å². The number of benzene rings is 1. The Morgan fingerprint density at radius 3 is 2.39 bits per heavy atom. The second-order valence-corrected chi connectivity index (χ2v) is 5.37. The van der Waals surface area contributed by atoms with Crippen LogP contribution in [0.25, 0.3) is 0 Å². The summed E-state index contributed by atoms with van der Waals surface area (Å²) in [6.07, 6.45) is 0.927. The van der Waals surface area contributed by atoms with Crippen LogP contribution in [0.15, 0.2) is 24.3 Å². The lowest BCUT2D eigenvalue weighted by molar-refractivity contribution is -0.121. The van der Waals surface area contributed by atoms with E-state index in [2.05, 4.69) is 48.7 Å². The molecule has 0 saturated heterocycles. The molecule has 0 fully saturated rings. The molecule has 1 amide bonds. The molecular weight excluding hydrogens is 224 g/mol. The highest BCUT2D eigenvalue weighted by molar-refractivity contribution is 5.78. The van der Waals surface area contributed by atoms with E-state index in [1.165, 1.54) is 11.1 Å². The minimum absolute atomic E-state index is 0.0500. The molecule has 0 aromatic heterocycles. The molecule has 100 valence electrons. The van der Waals surface area contributed by atoms with E-state index in [0.717, 1.165) is 13.0 Å². The van der Waals surface area contributed by atoms with E-state index in [4.69, 9.17) is 0 Å². The van der Waals surface area contributed by atoms with E-state index in [0.29, 0.717) is 6.54 Å². The summed E-state index contributed by atoms with van der Waals surface area (Å²) in [5, 5.41) is 6.16. The number of carbonyl (C=O) groups is 1. The van der Waals surface area contributed by atoms with Crippen LogP contribution < -0.4 is 10.6 Å². The molecule has 2 N–H and O–H groups in total. The second-order valence-electron chi connectivity index (χ2n) is 5.37. The normalized spacial score (nSPS) is 11.3. The summed E-state index contributed by atoms with van der Waals surface area (Å²) < 4.78 is 0. The number of carbonyl (C=O) groups excluding carboxylic acids is 1. The van der Waals surface area contributed by atoms with Gasteiger partial charge in [-0.1, -0.05) is 36.8 Å². The zero-order chi connectivity index (χ0) is 13.6. The summed E-state index contributed by atoms with van der Waals surface area (Å²) >= 11 is 0. The second kappa shape index (κ2) is 6.55. The molecule has 0 spiro atoms. The van der Waals surface area contributed by atoms with Gasteiger partial charge in [-0.3, -0.25) is 4.79 Å². The minimum atomic E-state index is -0.122. The lowest BCUT2D eigenvalue weighted by atomic mass is 10.0. The monoisotopic (exact) mass is 248 g/mol. The molecule has 0 radical (unpaired) electrons. The molecule has 0 heterocycles. The molecule has 0 aliphatic heterocycles. The zero-order valence-corrected chi connectivity index (χ0v) is 11.8. The van der Waals surface area contributed by atoms with Crippen LogP contribution in [0.3, 0.4) is 0 Å². The first kappa shape index (κ1) is 14.7. The van der Waals surface area contributed by atoms with Crippen molar-refractivity contribution in [1.29, 1.82) is 0 Å². The highest BCUT2D eigenvalue weighted by Gasteiger charge is 2.16. The van der Waals surface area contributed by atoms with E-state index >= 15 is 0 Å². The molecule has 0 aliphatic rings. The van der Waals surface area contributed by atoms with Gasteiger partial charge in [0, 0.05) is 12.1 Å². The van der Waals surface area contributed by atoms with Gasteiger partial charge in [0.25, 0.3) is 0 Å². The third-order valence-corrected chi connectivity index (χ3v) is 3.10. The maximum absolute atomic E-state index is 11.7. The first-order valence-electron chi connectivity index (χ1n) is 6.50. The summed E-state index contributed by atoms with van der Waals surface area (Å²) in [4.78, 5) is 11.7. The molecule has 0 bridgehead atoms. The molecule has 0 unspecified atom stereocenters. The van der Waals surface area contributed by atoms with Crippen molar-refractivity contribution in [1.82, 2.24) is 10.6 Å². The van der Waals surface area contributed by atoms with Gasteiger partial charge in [0.1, 0.15) is 0 Å². The van der Waals surface area contributed by atoms with Crippen LogP contribution in [0.1, 0.15) is 38.3 Å². The van der Waals surface area contributed by atoms with Crippen molar-refractivity contribution in [3.8, 4) is 0 Å². The maximum atomic E-state index is 11.7. The number of hydrogen-bond acceptors (Lipinski definition) is 2. The van der Waals surface area contributed by atoms with Crippen LogP contribution in [-0.4, -0.2) is 18.0 Å². The van der Waals surface area contributed by atoms with Crippen LogP contribution in [0, 0.1) is 6.92 Å². The molecular formula is C15H24N2O. The van der Waals surface area contributed by atoms with Crippen molar-refractivity contribution in [3.63, 3.8) is 0 Å². The third kappa shape index (κ3) is 5.32. The van der Waals surface area contributed by atoms with Crippen LogP contribution in [0.4, 0.5) is 0 Å². The molecule has 1 aromatic rings. The Hall–Kier alpha value is -1.35. The van der Waals surface area contributed by atoms with Crippen LogP contribution in [0.2, 0.25) is 0 Å². The predicted molar refractivity (Wildman–Crippen MR) is 75.4 cm³/mol. The predicted octanol–water partition coefficient (Wildman–Crippen LogP) is 2.39. The fraction of sp³-hybridized carbons (Fsp3) is 0.533.